The summed E-state index contributed by atoms with van der Waals surface area (Å²) in [6, 6.07) is 20.9. The van der Waals surface area contributed by atoms with Crippen LogP contribution >= 0.6 is 27.5 Å². The van der Waals surface area contributed by atoms with E-state index < -0.39 is 5.92 Å². The molecule has 3 aromatic carbocycles. The molecule has 9 heteroatoms. The summed E-state index contributed by atoms with van der Waals surface area (Å²) in [7, 11) is 1.53. The van der Waals surface area contributed by atoms with Crippen molar-refractivity contribution in [3.63, 3.8) is 0 Å². The van der Waals surface area contributed by atoms with Crippen LogP contribution in [0, 0.1) is 10.8 Å². The molecule has 0 atom stereocenters. The molecule has 48 heavy (non-hydrogen) atoms. The van der Waals surface area contributed by atoms with Crippen LogP contribution in [0.3, 0.4) is 0 Å². The number of allylic oxidation sites excluding steroid dienone is 4. The number of nitrogens with zero attached hydrogens (tertiary/aromatic N) is 1. The van der Waals surface area contributed by atoms with E-state index in [0.717, 1.165) is 22.5 Å². The third-order valence-electron chi connectivity index (χ3n) is 9.29. The first-order valence-corrected chi connectivity index (χ1v) is 17.3. The van der Waals surface area contributed by atoms with Gasteiger partial charge in [-0.25, -0.2) is 0 Å². The number of Topliss-reactive ketones (excluding diaryl/α,β-unsaturated/α-hetero) is 2. The molecule has 3 aliphatic rings. The molecule has 0 saturated carbocycles. The predicted octanol–water partition coefficient (Wildman–Crippen LogP) is 9.01. The number of hydrogen-bond acceptors (Lipinski definition) is 6. The molecule has 6 rings (SSSR count). The summed E-state index contributed by atoms with van der Waals surface area (Å²) in [6.07, 6.45) is 2.21. The van der Waals surface area contributed by atoms with E-state index in [1.165, 1.54) is 7.11 Å². The first-order valence-electron chi connectivity index (χ1n) is 16.2. The van der Waals surface area contributed by atoms with Crippen LogP contribution in [-0.2, 0) is 20.9 Å². The molecule has 1 amide bonds. The Bertz CT molecular complexity index is 1810. The molecule has 0 fully saturated rings. The normalized spacial score (nSPS) is 18.8. The van der Waals surface area contributed by atoms with Crippen molar-refractivity contribution in [1.29, 1.82) is 0 Å². The van der Waals surface area contributed by atoms with Gasteiger partial charge in [0.25, 0.3) is 5.91 Å². The van der Waals surface area contributed by atoms with E-state index in [9.17, 15) is 14.4 Å². The van der Waals surface area contributed by atoms with Gasteiger partial charge >= 0.3 is 0 Å². The number of ketones is 2. The summed E-state index contributed by atoms with van der Waals surface area (Å²) in [5.74, 6) is -0.111. The number of methoxy groups -OCH3 is 1. The lowest BCUT2D eigenvalue weighted by Gasteiger charge is -2.49. The Labute approximate surface area is 295 Å². The molecule has 0 unspecified atom stereocenters. The number of halogens is 2. The van der Waals surface area contributed by atoms with Gasteiger partial charge in [0.15, 0.2) is 29.7 Å². The molecule has 0 aromatic heterocycles. The number of hydrogen-bond donors (Lipinski definition) is 1. The van der Waals surface area contributed by atoms with Crippen molar-refractivity contribution < 1.29 is 23.9 Å². The quantitative estimate of drug-likeness (QED) is 0.249. The summed E-state index contributed by atoms with van der Waals surface area (Å²) in [4.78, 5) is 43.6. The van der Waals surface area contributed by atoms with Crippen LogP contribution in [0.2, 0.25) is 5.02 Å². The van der Waals surface area contributed by atoms with Gasteiger partial charge in [0.05, 0.1) is 22.3 Å². The minimum absolute atomic E-state index is 0.0557. The first-order chi connectivity index (χ1) is 22.8. The Morgan fingerprint density at radius 3 is 2.06 bits per heavy atom. The third-order valence-corrected chi connectivity index (χ3v) is 10.2. The zero-order chi connectivity index (χ0) is 34.4. The Balaban J connectivity index is 1.43. The lowest BCUT2D eigenvalue weighted by atomic mass is 9.63. The number of carbonyl (C=O) groups excluding carboxylic acids is 3. The van der Waals surface area contributed by atoms with Crippen LogP contribution in [0.1, 0.15) is 70.4 Å². The Kier molecular flexibility index (Phi) is 9.35. The number of anilines is 1. The van der Waals surface area contributed by atoms with E-state index >= 15 is 0 Å². The second kappa shape index (κ2) is 13.2. The number of ether oxygens (including phenoxy) is 2. The van der Waals surface area contributed by atoms with Crippen molar-refractivity contribution in [2.45, 2.75) is 65.8 Å². The van der Waals surface area contributed by atoms with Crippen molar-refractivity contribution >= 4 is 50.7 Å². The van der Waals surface area contributed by atoms with Gasteiger partial charge in [-0.15, -0.1) is 0 Å². The topological polar surface area (TPSA) is 84.9 Å². The van der Waals surface area contributed by atoms with Gasteiger partial charge in [-0.2, -0.15) is 0 Å². The second-order valence-corrected chi connectivity index (χ2v) is 15.7. The zero-order valence-electron chi connectivity index (χ0n) is 27.9. The standard InChI is InChI=1S/C39H40BrClN2O5/c1-38(2)17-28-35(30(44)19-38)34(36-29(18-39(3,4)20-31(36)45)43(28)21-23-11-7-6-8-12-23)24-15-25(40)37(32(16-24)47-5)48-22-33(46)42-27-14-10-9-13-26(27)41/h6-16,34H,17-22H2,1-5H3,(H,42,46). The van der Waals surface area contributed by atoms with Crippen LogP contribution in [-0.4, -0.2) is 36.1 Å². The van der Waals surface area contributed by atoms with Gasteiger partial charge in [0.1, 0.15) is 0 Å². The summed E-state index contributed by atoms with van der Waals surface area (Å²) < 4.78 is 12.3. The molecular weight excluding hydrogens is 692 g/mol. The maximum atomic E-state index is 14.3. The molecule has 0 spiro atoms. The van der Waals surface area contributed by atoms with Crippen LogP contribution in [0.25, 0.3) is 0 Å². The highest BCUT2D eigenvalue weighted by Gasteiger charge is 2.49. The van der Waals surface area contributed by atoms with Gasteiger partial charge in [0, 0.05) is 47.8 Å². The van der Waals surface area contributed by atoms with E-state index in [4.69, 9.17) is 21.1 Å². The van der Waals surface area contributed by atoms with Crippen molar-refractivity contribution in [2.24, 2.45) is 10.8 Å². The van der Waals surface area contributed by atoms with Crippen molar-refractivity contribution in [1.82, 2.24) is 4.90 Å². The van der Waals surface area contributed by atoms with Gasteiger partial charge in [-0.1, -0.05) is 81.8 Å². The highest BCUT2D eigenvalue weighted by Crippen LogP contribution is 2.55. The van der Waals surface area contributed by atoms with E-state index in [-0.39, 0.29) is 34.9 Å². The second-order valence-electron chi connectivity index (χ2n) is 14.5. The SMILES string of the molecule is COc1cc(C2C3=C(CC(C)(C)CC3=O)N(Cc3ccccc3)C3=C2C(=O)CC(C)(C)C3)cc(Br)c1OCC(=O)Nc1ccccc1Cl. The van der Waals surface area contributed by atoms with Gasteiger partial charge in [-0.05, 0) is 75.0 Å². The number of amides is 1. The molecule has 2 aliphatic carbocycles. The zero-order valence-corrected chi connectivity index (χ0v) is 30.3. The molecular formula is C39H40BrClN2O5. The Morgan fingerprint density at radius 1 is 0.896 bits per heavy atom. The fourth-order valence-electron chi connectivity index (χ4n) is 7.27. The van der Waals surface area contributed by atoms with E-state index in [0.29, 0.717) is 70.1 Å². The summed E-state index contributed by atoms with van der Waals surface area (Å²) >= 11 is 9.87. The highest BCUT2D eigenvalue weighted by atomic mass is 79.9. The summed E-state index contributed by atoms with van der Waals surface area (Å²) in [5, 5.41) is 3.19. The average molecular weight is 732 g/mol. The molecule has 0 radical (unpaired) electrons. The van der Waals surface area contributed by atoms with Crippen LogP contribution in [0.5, 0.6) is 11.5 Å². The highest BCUT2D eigenvalue weighted by molar-refractivity contribution is 9.10. The predicted molar refractivity (Wildman–Crippen MR) is 191 cm³/mol. The Hall–Kier alpha value is -3.88. The van der Waals surface area contributed by atoms with Gasteiger partial charge in [-0.3, -0.25) is 14.4 Å². The summed E-state index contributed by atoms with van der Waals surface area (Å²) in [5.41, 5.74) is 5.23. The van der Waals surface area contributed by atoms with Crippen LogP contribution in [0.4, 0.5) is 5.69 Å². The molecule has 0 bridgehead atoms. The van der Waals surface area contributed by atoms with E-state index in [1.54, 1.807) is 24.3 Å². The number of para-hydroxylation sites is 1. The van der Waals surface area contributed by atoms with Crippen LogP contribution in [0.15, 0.2) is 93.7 Å². The molecule has 3 aromatic rings. The van der Waals surface area contributed by atoms with Crippen LogP contribution < -0.4 is 14.8 Å². The molecule has 7 nitrogen and oxygen atoms in total. The lowest BCUT2D eigenvalue weighted by Crippen LogP contribution is -2.44. The fraction of sp³-hybridized carbons (Fsp3) is 0.359. The van der Waals surface area contributed by atoms with E-state index in [1.807, 2.05) is 30.3 Å². The molecule has 1 heterocycles. The van der Waals surface area contributed by atoms with Gasteiger partial charge in [0.2, 0.25) is 0 Å². The fourth-order valence-corrected chi connectivity index (χ4v) is 8.03. The molecule has 1 N–H and O–H groups in total. The molecule has 0 saturated heterocycles. The average Bonchev–Trinajstić information content (AvgIpc) is 3.01. The molecule has 1 aliphatic heterocycles. The third kappa shape index (κ3) is 6.83. The van der Waals surface area contributed by atoms with Crippen molar-refractivity contribution in [3.05, 3.63) is 110 Å². The minimum atomic E-state index is -0.558. The molecule has 250 valence electrons. The number of rotatable bonds is 8. The van der Waals surface area contributed by atoms with Crippen molar-refractivity contribution in [2.75, 3.05) is 19.0 Å². The lowest BCUT2D eigenvalue weighted by molar-refractivity contribution is -0.120. The maximum absolute atomic E-state index is 14.3. The number of benzene rings is 3. The van der Waals surface area contributed by atoms with Gasteiger partial charge < -0.3 is 19.7 Å². The monoisotopic (exact) mass is 730 g/mol. The smallest absolute Gasteiger partial charge is 0.262 e. The number of carbonyl (C=O) groups is 3. The maximum Gasteiger partial charge on any atom is 0.262 e. The largest absolute Gasteiger partial charge is 0.493 e. The van der Waals surface area contributed by atoms with E-state index in [2.05, 4.69) is 66.0 Å². The minimum Gasteiger partial charge on any atom is -0.493 e. The Morgan fingerprint density at radius 2 is 1.48 bits per heavy atom. The van der Waals surface area contributed by atoms with Crippen molar-refractivity contribution in [3.8, 4) is 11.5 Å². The number of nitrogens with one attached hydrogen (secondary N) is 1. The first kappa shape index (κ1) is 34.0. The summed E-state index contributed by atoms with van der Waals surface area (Å²) in [6.45, 7) is 8.84.